The van der Waals surface area contributed by atoms with Crippen molar-refractivity contribution in [2.75, 3.05) is 11.9 Å². The Hall–Kier alpha value is -1.86. The maximum Gasteiger partial charge on any atom is 0.243 e. The smallest absolute Gasteiger partial charge is 0.243 e. The minimum absolute atomic E-state index is 0.210. The lowest BCUT2D eigenvalue weighted by Gasteiger charge is -2.20. The Morgan fingerprint density at radius 2 is 2.13 bits per heavy atom. The lowest BCUT2D eigenvalue weighted by Crippen LogP contribution is -2.40. The van der Waals surface area contributed by atoms with Crippen molar-refractivity contribution in [1.82, 2.24) is 0 Å². The van der Waals surface area contributed by atoms with Gasteiger partial charge in [0.15, 0.2) is 0 Å². The molecule has 4 heteroatoms. The molecule has 2 N–H and O–H groups in total. The number of nitrogens with two attached hydrogens (primary N) is 1. The third-order valence-electron chi connectivity index (χ3n) is 2.11. The molecule has 0 bridgehead atoms. The van der Waals surface area contributed by atoms with E-state index < -0.39 is 6.04 Å². The zero-order valence-corrected chi connectivity index (χ0v) is 8.77. The summed E-state index contributed by atoms with van der Waals surface area (Å²) in [6, 6.07) is 8.39. The fourth-order valence-electron chi connectivity index (χ4n) is 1.28. The predicted molar refractivity (Wildman–Crippen MR) is 58.2 cm³/mol. The number of rotatable bonds is 2. The van der Waals surface area contributed by atoms with Crippen molar-refractivity contribution in [2.24, 2.45) is 5.73 Å². The molecule has 0 radical (unpaired) electrons. The Balaban J connectivity index is 3.07. The first-order valence-electron chi connectivity index (χ1n) is 4.60. The van der Waals surface area contributed by atoms with Gasteiger partial charge in [0.1, 0.15) is 6.07 Å². The molecule has 0 heterocycles. The van der Waals surface area contributed by atoms with Crippen molar-refractivity contribution in [2.45, 2.75) is 13.0 Å². The lowest BCUT2D eigenvalue weighted by molar-refractivity contribution is -0.119. The van der Waals surface area contributed by atoms with Crippen LogP contribution in [0.3, 0.4) is 0 Å². The van der Waals surface area contributed by atoms with Gasteiger partial charge in [-0.15, -0.1) is 0 Å². The number of carbonyl (C=O) groups excluding carboxylic acids is 1. The van der Waals surface area contributed by atoms with E-state index in [1.165, 1.54) is 4.90 Å². The van der Waals surface area contributed by atoms with Crippen LogP contribution in [0.5, 0.6) is 0 Å². The van der Waals surface area contributed by atoms with Crippen LogP contribution < -0.4 is 10.6 Å². The molecule has 0 aromatic heterocycles. The van der Waals surface area contributed by atoms with E-state index in [-0.39, 0.29) is 5.91 Å². The van der Waals surface area contributed by atoms with Gasteiger partial charge in [-0.05, 0) is 19.1 Å². The van der Waals surface area contributed by atoms with E-state index in [1.54, 1.807) is 38.2 Å². The summed E-state index contributed by atoms with van der Waals surface area (Å²) in [7, 11) is 1.61. The fraction of sp³-hybridized carbons (Fsp3) is 0.273. The number of nitrogens with zero attached hydrogens (tertiary/aromatic N) is 2. The first-order valence-corrected chi connectivity index (χ1v) is 4.60. The third kappa shape index (κ3) is 2.33. The molecule has 0 aliphatic rings. The van der Waals surface area contributed by atoms with Gasteiger partial charge in [-0.3, -0.25) is 4.79 Å². The average molecular weight is 203 g/mol. The molecule has 15 heavy (non-hydrogen) atoms. The molecular weight excluding hydrogens is 190 g/mol. The number of carbonyl (C=O) groups is 1. The van der Waals surface area contributed by atoms with Crippen LogP contribution in [-0.2, 0) is 4.79 Å². The standard InChI is InChI=1S/C11H13N3O/c1-8(13)11(15)14(2)10-6-4-3-5-9(10)7-12/h3-6,8H,13H2,1-2H3/t8-/m1/s1. The second-order valence-electron chi connectivity index (χ2n) is 3.31. The summed E-state index contributed by atoms with van der Waals surface area (Å²) in [6.07, 6.45) is 0. The van der Waals surface area contributed by atoms with Crippen molar-refractivity contribution in [3.63, 3.8) is 0 Å². The number of amides is 1. The minimum atomic E-state index is -0.568. The zero-order valence-electron chi connectivity index (χ0n) is 8.77. The monoisotopic (exact) mass is 203 g/mol. The molecule has 1 atom stereocenters. The molecule has 78 valence electrons. The Morgan fingerprint density at radius 1 is 1.53 bits per heavy atom. The number of hydrogen-bond donors (Lipinski definition) is 1. The normalized spacial score (nSPS) is 11.6. The van der Waals surface area contributed by atoms with Crippen LogP contribution in [0.1, 0.15) is 12.5 Å². The molecule has 1 rings (SSSR count). The van der Waals surface area contributed by atoms with E-state index in [1.807, 2.05) is 6.07 Å². The molecule has 0 saturated heterocycles. The summed E-state index contributed by atoms with van der Waals surface area (Å²) in [5, 5.41) is 8.87. The van der Waals surface area contributed by atoms with E-state index >= 15 is 0 Å². The molecule has 1 aromatic carbocycles. The SMILES string of the molecule is C[C@@H](N)C(=O)N(C)c1ccccc1C#N. The quantitative estimate of drug-likeness (QED) is 0.775. The van der Waals surface area contributed by atoms with Crippen LogP contribution in [0.4, 0.5) is 5.69 Å². The Labute approximate surface area is 88.9 Å². The second kappa shape index (κ2) is 4.58. The number of benzene rings is 1. The first kappa shape index (κ1) is 11.2. The molecule has 4 nitrogen and oxygen atoms in total. The van der Waals surface area contributed by atoms with E-state index in [9.17, 15) is 4.79 Å². The van der Waals surface area contributed by atoms with Gasteiger partial charge in [0.25, 0.3) is 0 Å². The van der Waals surface area contributed by atoms with Crippen molar-refractivity contribution in [1.29, 1.82) is 5.26 Å². The lowest BCUT2D eigenvalue weighted by atomic mass is 10.1. The molecule has 0 spiro atoms. The van der Waals surface area contributed by atoms with Crippen LogP contribution in [-0.4, -0.2) is 19.0 Å². The topological polar surface area (TPSA) is 70.1 Å². The Bertz CT molecular complexity index is 407. The van der Waals surface area contributed by atoms with Crippen LogP contribution in [0.25, 0.3) is 0 Å². The highest BCUT2D eigenvalue weighted by atomic mass is 16.2. The third-order valence-corrected chi connectivity index (χ3v) is 2.11. The van der Waals surface area contributed by atoms with Gasteiger partial charge in [0.05, 0.1) is 17.3 Å². The van der Waals surface area contributed by atoms with E-state index in [0.717, 1.165) is 0 Å². The number of likely N-dealkylation sites (N-methyl/N-ethyl adjacent to an activating group) is 1. The van der Waals surface area contributed by atoms with Crippen LogP contribution in [0.15, 0.2) is 24.3 Å². The Kier molecular flexibility index (Phi) is 3.42. The highest BCUT2D eigenvalue weighted by Crippen LogP contribution is 2.18. The summed E-state index contributed by atoms with van der Waals surface area (Å²) < 4.78 is 0. The van der Waals surface area contributed by atoms with Crippen molar-refractivity contribution >= 4 is 11.6 Å². The number of anilines is 1. The van der Waals surface area contributed by atoms with Gasteiger partial charge in [-0.25, -0.2) is 0 Å². The Morgan fingerprint density at radius 3 is 2.67 bits per heavy atom. The predicted octanol–water partition coefficient (Wildman–Crippen LogP) is 0.868. The minimum Gasteiger partial charge on any atom is -0.320 e. The zero-order chi connectivity index (χ0) is 11.4. The highest BCUT2D eigenvalue weighted by Gasteiger charge is 2.16. The molecular formula is C11H13N3O. The van der Waals surface area contributed by atoms with E-state index in [2.05, 4.69) is 0 Å². The second-order valence-corrected chi connectivity index (χ2v) is 3.31. The van der Waals surface area contributed by atoms with Gasteiger partial charge in [0, 0.05) is 7.05 Å². The largest absolute Gasteiger partial charge is 0.320 e. The van der Waals surface area contributed by atoms with Gasteiger partial charge in [-0.1, -0.05) is 12.1 Å². The van der Waals surface area contributed by atoms with Gasteiger partial charge < -0.3 is 10.6 Å². The molecule has 0 fully saturated rings. The van der Waals surface area contributed by atoms with Gasteiger partial charge >= 0.3 is 0 Å². The van der Waals surface area contributed by atoms with E-state index in [0.29, 0.717) is 11.3 Å². The molecule has 0 unspecified atom stereocenters. The van der Waals surface area contributed by atoms with Crippen molar-refractivity contribution in [3.05, 3.63) is 29.8 Å². The van der Waals surface area contributed by atoms with Crippen LogP contribution in [0.2, 0.25) is 0 Å². The van der Waals surface area contributed by atoms with Crippen molar-refractivity contribution < 1.29 is 4.79 Å². The molecule has 0 saturated carbocycles. The summed E-state index contributed by atoms with van der Waals surface area (Å²) >= 11 is 0. The molecule has 1 aromatic rings. The maximum atomic E-state index is 11.6. The average Bonchev–Trinajstić information content (AvgIpc) is 2.26. The van der Waals surface area contributed by atoms with Gasteiger partial charge in [-0.2, -0.15) is 5.26 Å². The fourth-order valence-corrected chi connectivity index (χ4v) is 1.28. The number of nitriles is 1. The number of hydrogen-bond acceptors (Lipinski definition) is 3. The molecule has 0 aliphatic heterocycles. The van der Waals surface area contributed by atoms with Crippen LogP contribution in [0, 0.1) is 11.3 Å². The summed E-state index contributed by atoms with van der Waals surface area (Å²) in [5.41, 5.74) is 6.54. The first-order chi connectivity index (χ1) is 7.07. The van der Waals surface area contributed by atoms with E-state index in [4.69, 9.17) is 11.0 Å². The maximum absolute atomic E-state index is 11.6. The highest BCUT2D eigenvalue weighted by molar-refractivity contribution is 5.97. The van der Waals surface area contributed by atoms with Crippen LogP contribution >= 0.6 is 0 Å². The van der Waals surface area contributed by atoms with Crippen molar-refractivity contribution in [3.8, 4) is 6.07 Å². The molecule has 1 amide bonds. The van der Waals surface area contributed by atoms with Gasteiger partial charge in [0.2, 0.25) is 5.91 Å². The number of para-hydroxylation sites is 1. The summed E-state index contributed by atoms with van der Waals surface area (Å²) in [5.74, 6) is -0.210. The summed E-state index contributed by atoms with van der Waals surface area (Å²) in [6.45, 7) is 1.62. The summed E-state index contributed by atoms with van der Waals surface area (Å²) in [4.78, 5) is 13.0. The molecule has 0 aliphatic carbocycles.